The number of anilines is 1. The number of benzene rings is 1. The molecule has 1 N–H and O–H groups in total. The molecule has 3 aromatic heterocycles. The third-order valence-electron chi connectivity index (χ3n) is 4.10. The zero-order valence-electron chi connectivity index (χ0n) is 14.6. The number of hydrogen-bond acceptors (Lipinski definition) is 5. The molecule has 0 spiro atoms. The maximum absolute atomic E-state index is 12.4. The van der Waals surface area contributed by atoms with E-state index >= 15 is 0 Å². The van der Waals surface area contributed by atoms with Crippen LogP contribution >= 0.6 is 0 Å². The Hall–Kier alpha value is -3.74. The van der Waals surface area contributed by atoms with E-state index in [1.807, 2.05) is 55.5 Å². The van der Waals surface area contributed by atoms with E-state index in [0.717, 1.165) is 5.56 Å². The van der Waals surface area contributed by atoms with Crippen molar-refractivity contribution >= 4 is 17.5 Å². The largest absolute Gasteiger partial charge is 0.470 e. The molecule has 7 heteroatoms. The van der Waals surface area contributed by atoms with E-state index in [1.165, 1.54) is 6.20 Å². The van der Waals surface area contributed by atoms with E-state index in [4.69, 9.17) is 4.74 Å². The molecule has 1 amide bonds. The molecule has 0 radical (unpaired) electrons. The van der Waals surface area contributed by atoms with Crippen LogP contribution < -0.4 is 10.1 Å². The highest BCUT2D eigenvalue weighted by Gasteiger charge is 2.13. The van der Waals surface area contributed by atoms with Gasteiger partial charge in [-0.1, -0.05) is 36.4 Å². The van der Waals surface area contributed by atoms with E-state index in [9.17, 15) is 4.79 Å². The minimum atomic E-state index is -0.316. The van der Waals surface area contributed by atoms with E-state index in [1.54, 1.807) is 22.7 Å². The molecule has 0 saturated heterocycles. The smallest absolute Gasteiger partial charge is 0.259 e. The van der Waals surface area contributed by atoms with Gasteiger partial charge >= 0.3 is 0 Å². The quantitative estimate of drug-likeness (QED) is 0.590. The molecule has 0 fully saturated rings. The molecule has 0 saturated carbocycles. The summed E-state index contributed by atoms with van der Waals surface area (Å²) in [4.78, 5) is 16.7. The van der Waals surface area contributed by atoms with Gasteiger partial charge in [0.15, 0.2) is 5.65 Å². The third kappa shape index (κ3) is 3.62. The lowest BCUT2D eigenvalue weighted by atomic mass is 10.1. The van der Waals surface area contributed by atoms with E-state index in [0.29, 0.717) is 23.0 Å². The summed E-state index contributed by atoms with van der Waals surface area (Å²) in [6.07, 6.45) is 3.12. The number of amides is 1. The molecule has 0 aliphatic rings. The van der Waals surface area contributed by atoms with Gasteiger partial charge in [-0.05, 0) is 30.7 Å². The number of carbonyl (C=O) groups is 1. The summed E-state index contributed by atoms with van der Waals surface area (Å²) in [6.45, 7) is 1.95. The fraction of sp³-hybridized carbons (Fsp3) is 0.100. The Morgan fingerprint density at radius 3 is 2.63 bits per heavy atom. The van der Waals surface area contributed by atoms with Crippen LogP contribution in [0.15, 0.2) is 73.1 Å². The monoisotopic (exact) mass is 359 g/mol. The SMILES string of the molecule is C[C@H](Oc1ccc(C(=O)Nc2nnc3ccccn23)cn1)c1ccccc1. The first-order valence-electron chi connectivity index (χ1n) is 8.49. The van der Waals surface area contributed by atoms with Crippen molar-refractivity contribution in [3.05, 3.63) is 84.2 Å². The Labute approximate surface area is 155 Å². The van der Waals surface area contributed by atoms with Crippen LogP contribution in [0.1, 0.15) is 28.9 Å². The summed E-state index contributed by atoms with van der Waals surface area (Å²) < 4.78 is 7.53. The average molecular weight is 359 g/mol. The number of aromatic nitrogens is 4. The number of hydrogen-bond donors (Lipinski definition) is 1. The number of carbonyl (C=O) groups excluding carboxylic acids is 1. The molecule has 134 valence electrons. The van der Waals surface area contributed by atoms with Crippen molar-refractivity contribution < 1.29 is 9.53 Å². The molecule has 1 aromatic carbocycles. The summed E-state index contributed by atoms with van der Waals surface area (Å²) in [7, 11) is 0. The van der Waals surface area contributed by atoms with Crippen LogP contribution in [0.4, 0.5) is 5.95 Å². The predicted molar refractivity (Wildman–Crippen MR) is 101 cm³/mol. The van der Waals surface area contributed by atoms with Crippen LogP contribution in [-0.4, -0.2) is 25.5 Å². The van der Waals surface area contributed by atoms with Crippen LogP contribution in [0.25, 0.3) is 5.65 Å². The number of pyridine rings is 2. The maximum atomic E-state index is 12.4. The van der Waals surface area contributed by atoms with E-state index in [2.05, 4.69) is 20.5 Å². The van der Waals surface area contributed by atoms with E-state index < -0.39 is 0 Å². The maximum Gasteiger partial charge on any atom is 0.259 e. The zero-order valence-corrected chi connectivity index (χ0v) is 14.6. The van der Waals surface area contributed by atoms with Gasteiger partial charge in [0.2, 0.25) is 11.8 Å². The first kappa shape index (κ1) is 16.7. The molecule has 3 heterocycles. The zero-order chi connectivity index (χ0) is 18.6. The van der Waals surface area contributed by atoms with Crippen LogP contribution in [0.5, 0.6) is 5.88 Å². The first-order chi connectivity index (χ1) is 13.2. The van der Waals surface area contributed by atoms with Gasteiger partial charge in [0.05, 0.1) is 5.56 Å². The van der Waals surface area contributed by atoms with Gasteiger partial charge in [0.1, 0.15) is 6.10 Å². The van der Waals surface area contributed by atoms with Gasteiger partial charge < -0.3 is 4.74 Å². The standard InChI is InChI=1S/C20H17N5O2/c1-14(15-7-3-2-4-8-15)27-18-11-10-16(13-21-18)19(26)22-20-24-23-17-9-5-6-12-25(17)20/h2-14H,1H3,(H,22,24,26)/t14-/m0/s1. The van der Waals surface area contributed by atoms with Crippen molar-refractivity contribution in [2.24, 2.45) is 0 Å². The van der Waals surface area contributed by atoms with Crippen molar-refractivity contribution in [1.29, 1.82) is 0 Å². The van der Waals surface area contributed by atoms with Crippen molar-refractivity contribution in [3.8, 4) is 5.88 Å². The van der Waals surface area contributed by atoms with Crippen LogP contribution in [0.2, 0.25) is 0 Å². The number of nitrogens with one attached hydrogen (secondary N) is 1. The highest BCUT2D eigenvalue weighted by Crippen LogP contribution is 2.20. The lowest BCUT2D eigenvalue weighted by Gasteiger charge is -2.14. The molecule has 0 unspecified atom stereocenters. The molecular formula is C20H17N5O2. The van der Waals surface area contributed by atoms with Crippen LogP contribution in [0.3, 0.4) is 0 Å². The van der Waals surface area contributed by atoms with Gasteiger partial charge in [0, 0.05) is 18.5 Å². The van der Waals surface area contributed by atoms with Crippen LogP contribution in [0, 0.1) is 0 Å². The molecule has 4 aromatic rings. The highest BCUT2D eigenvalue weighted by atomic mass is 16.5. The Bertz CT molecular complexity index is 1060. The second kappa shape index (κ2) is 7.25. The summed E-state index contributed by atoms with van der Waals surface area (Å²) >= 11 is 0. The minimum absolute atomic E-state index is 0.138. The van der Waals surface area contributed by atoms with Crippen LogP contribution in [-0.2, 0) is 0 Å². The topological polar surface area (TPSA) is 81.4 Å². The number of ether oxygens (including phenoxy) is 1. The van der Waals surface area contributed by atoms with Crippen molar-refractivity contribution in [2.45, 2.75) is 13.0 Å². The van der Waals surface area contributed by atoms with E-state index in [-0.39, 0.29) is 12.0 Å². The fourth-order valence-corrected chi connectivity index (χ4v) is 2.66. The summed E-state index contributed by atoms with van der Waals surface area (Å²) in [5.41, 5.74) is 2.12. The molecule has 0 aliphatic carbocycles. The fourth-order valence-electron chi connectivity index (χ4n) is 2.66. The Balaban J connectivity index is 1.44. The van der Waals surface area contributed by atoms with Gasteiger partial charge in [-0.2, -0.15) is 0 Å². The minimum Gasteiger partial charge on any atom is -0.470 e. The van der Waals surface area contributed by atoms with Gasteiger partial charge in [-0.25, -0.2) is 4.98 Å². The third-order valence-corrected chi connectivity index (χ3v) is 4.10. The van der Waals surface area contributed by atoms with Crippen molar-refractivity contribution in [1.82, 2.24) is 19.6 Å². The number of fused-ring (bicyclic) bond motifs is 1. The lowest BCUT2D eigenvalue weighted by molar-refractivity contribution is 0.102. The molecule has 4 rings (SSSR count). The Morgan fingerprint density at radius 2 is 1.85 bits per heavy atom. The first-order valence-corrected chi connectivity index (χ1v) is 8.49. The number of nitrogens with zero attached hydrogens (tertiary/aromatic N) is 4. The predicted octanol–water partition coefficient (Wildman–Crippen LogP) is 3.52. The summed E-state index contributed by atoms with van der Waals surface area (Å²) in [5.74, 6) is 0.493. The highest BCUT2D eigenvalue weighted by molar-refractivity contribution is 6.03. The second-order valence-corrected chi connectivity index (χ2v) is 5.96. The molecule has 27 heavy (non-hydrogen) atoms. The van der Waals surface area contributed by atoms with Crippen molar-refractivity contribution in [2.75, 3.05) is 5.32 Å². The second-order valence-electron chi connectivity index (χ2n) is 5.96. The van der Waals surface area contributed by atoms with Gasteiger partial charge in [-0.3, -0.25) is 14.5 Å². The summed E-state index contributed by atoms with van der Waals surface area (Å²) in [6, 6.07) is 18.7. The average Bonchev–Trinajstić information content (AvgIpc) is 3.12. The molecule has 0 bridgehead atoms. The van der Waals surface area contributed by atoms with Gasteiger partial charge in [0.25, 0.3) is 5.91 Å². The normalized spacial score (nSPS) is 11.9. The molecule has 0 aliphatic heterocycles. The Morgan fingerprint density at radius 1 is 1.04 bits per heavy atom. The molecule has 7 nitrogen and oxygen atoms in total. The summed E-state index contributed by atoms with van der Waals surface area (Å²) in [5, 5.41) is 10.7. The molecule has 1 atom stereocenters. The van der Waals surface area contributed by atoms with Crippen molar-refractivity contribution in [3.63, 3.8) is 0 Å². The molecular weight excluding hydrogens is 342 g/mol. The number of rotatable bonds is 5. The van der Waals surface area contributed by atoms with Gasteiger partial charge in [-0.15, -0.1) is 10.2 Å². The Kier molecular flexibility index (Phi) is 4.49. The lowest BCUT2D eigenvalue weighted by Crippen LogP contribution is -2.14.